The Morgan fingerprint density at radius 1 is 1.31 bits per heavy atom. The van der Waals surface area contributed by atoms with Gasteiger partial charge < -0.3 is 9.64 Å². The van der Waals surface area contributed by atoms with Crippen LogP contribution in [0.25, 0.3) is 0 Å². The number of rotatable bonds is 6. The second kappa shape index (κ2) is 7.28. The second-order valence-electron chi connectivity index (χ2n) is 6.75. The van der Waals surface area contributed by atoms with Gasteiger partial charge in [-0.2, -0.15) is 5.10 Å². The first-order valence-corrected chi connectivity index (χ1v) is 10.2. The Morgan fingerprint density at radius 2 is 2.04 bits per heavy atom. The van der Waals surface area contributed by atoms with E-state index in [2.05, 4.69) is 14.7 Å². The van der Waals surface area contributed by atoms with Crippen molar-refractivity contribution in [2.45, 2.75) is 25.2 Å². The van der Waals surface area contributed by atoms with E-state index in [4.69, 9.17) is 4.74 Å². The molecule has 2 heterocycles. The van der Waals surface area contributed by atoms with Gasteiger partial charge in [-0.3, -0.25) is 4.68 Å². The number of hydrogen-bond donors (Lipinski definition) is 1. The molecule has 1 atom stereocenters. The van der Waals surface area contributed by atoms with Gasteiger partial charge >= 0.3 is 0 Å². The summed E-state index contributed by atoms with van der Waals surface area (Å²) in [6.07, 6.45) is 0.936. The summed E-state index contributed by atoms with van der Waals surface area (Å²) in [7, 11) is -0.141. The number of para-hydroxylation sites is 2. The standard InChI is InChI=1S/C18H26N4O3S/c1-13-18(14(2)21(3)20-13)26(23,24)19-11-15-9-10-22(12-15)16-7-5-6-8-17(16)25-4/h5-8,15,19H,9-12H2,1-4H3/t15-/m0/s1. The van der Waals surface area contributed by atoms with E-state index in [-0.39, 0.29) is 5.92 Å². The number of ether oxygens (including phenoxy) is 1. The molecule has 0 spiro atoms. The average Bonchev–Trinajstić information content (AvgIpc) is 3.18. The topological polar surface area (TPSA) is 76.5 Å². The minimum absolute atomic E-state index is 0.256. The summed E-state index contributed by atoms with van der Waals surface area (Å²) in [5.41, 5.74) is 2.23. The van der Waals surface area contributed by atoms with Gasteiger partial charge in [-0.25, -0.2) is 13.1 Å². The Balaban J connectivity index is 1.66. The monoisotopic (exact) mass is 378 g/mol. The zero-order chi connectivity index (χ0) is 18.9. The fourth-order valence-corrected chi connectivity index (χ4v) is 5.10. The van der Waals surface area contributed by atoms with Crippen LogP contribution >= 0.6 is 0 Å². The first kappa shape index (κ1) is 18.7. The average molecular weight is 378 g/mol. The van der Waals surface area contributed by atoms with E-state index in [1.165, 1.54) is 0 Å². The highest BCUT2D eigenvalue weighted by molar-refractivity contribution is 7.89. The van der Waals surface area contributed by atoms with E-state index < -0.39 is 10.0 Å². The number of aromatic nitrogens is 2. The molecule has 0 bridgehead atoms. The zero-order valence-corrected chi connectivity index (χ0v) is 16.5. The van der Waals surface area contributed by atoms with Gasteiger partial charge in [0.1, 0.15) is 10.6 Å². The van der Waals surface area contributed by atoms with Crippen molar-refractivity contribution < 1.29 is 13.2 Å². The van der Waals surface area contributed by atoms with Crippen LogP contribution < -0.4 is 14.4 Å². The van der Waals surface area contributed by atoms with E-state index in [1.54, 1.807) is 32.7 Å². The summed E-state index contributed by atoms with van der Waals surface area (Å²) >= 11 is 0. The fourth-order valence-electron chi connectivity index (χ4n) is 3.55. The van der Waals surface area contributed by atoms with Crippen molar-refractivity contribution in [3.63, 3.8) is 0 Å². The van der Waals surface area contributed by atoms with Crippen molar-refractivity contribution in [3.8, 4) is 5.75 Å². The molecule has 1 aliphatic heterocycles. The first-order chi connectivity index (χ1) is 12.3. The Labute approximate surface area is 155 Å². The van der Waals surface area contributed by atoms with Crippen LogP contribution in [0.5, 0.6) is 5.75 Å². The van der Waals surface area contributed by atoms with Crippen molar-refractivity contribution in [1.29, 1.82) is 0 Å². The number of nitrogens with zero attached hydrogens (tertiary/aromatic N) is 3. The van der Waals surface area contributed by atoms with Crippen LogP contribution in [0.4, 0.5) is 5.69 Å². The van der Waals surface area contributed by atoms with Crippen LogP contribution in [0.1, 0.15) is 17.8 Å². The first-order valence-electron chi connectivity index (χ1n) is 8.71. The van der Waals surface area contributed by atoms with Gasteiger partial charge in [0.15, 0.2) is 0 Å². The molecule has 0 amide bonds. The molecular formula is C18H26N4O3S. The molecule has 2 aromatic rings. The number of nitrogens with one attached hydrogen (secondary N) is 1. The highest BCUT2D eigenvalue weighted by atomic mass is 32.2. The minimum atomic E-state index is -3.56. The number of anilines is 1. The molecule has 1 fully saturated rings. The molecule has 0 unspecified atom stereocenters. The number of methoxy groups -OCH3 is 1. The Morgan fingerprint density at radius 3 is 2.69 bits per heavy atom. The third kappa shape index (κ3) is 3.57. The van der Waals surface area contributed by atoms with Gasteiger partial charge in [-0.1, -0.05) is 12.1 Å². The van der Waals surface area contributed by atoms with E-state index in [0.29, 0.717) is 22.8 Å². The van der Waals surface area contributed by atoms with Crippen molar-refractivity contribution in [3.05, 3.63) is 35.7 Å². The van der Waals surface area contributed by atoms with E-state index in [0.717, 1.165) is 30.9 Å². The molecule has 7 nitrogen and oxygen atoms in total. The van der Waals surface area contributed by atoms with E-state index >= 15 is 0 Å². The lowest BCUT2D eigenvalue weighted by Crippen LogP contribution is -2.31. The van der Waals surface area contributed by atoms with Crippen LogP contribution in [0.3, 0.4) is 0 Å². The molecule has 1 N–H and O–H groups in total. The molecule has 1 aromatic carbocycles. The lowest BCUT2D eigenvalue weighted by Gasteiger charge is -2.21. The van der Waals surface area contributed by atoms with Crippen LogP contribution in [-0.2, 0) is 17.1 Å². The summed E-state index contributed by atoms with van der Waals surface area (Å²) in [4.78, 5) is 2.54. The molecule has 26 heavy (non-hydrogen) atoms. The Kier molecular flexibility index (Phi) is 5.24. The van der Waals surface area contributed by atoms with Crippen LogP contribution in [0.15, 0.2) is 29.2 Å². The predicted octanol–water partition coefficient (Wildman–Crippen LogP) is 1.85. The van der Waals surface area contributed by atoms with Gasteiger partial charge in [0.05, 0.1) is 24.2 Å². The largest absolute Gasteiger partial charge is 0.495 e. The van der Waals surface area contributed by atoms with Crippen LogP contribution in [-0.4, -0.2) is 44.9 Å². The summed E-state index contributed by atoms with van der Waals surface area (Å²) < 4.78 is 35.2. The smallest absolute Gasteiger partial charge is 0.244 e. The molecule has 1 aliphatic rings. The maximum atomic E-state index is 12.7. The van der Waals surface area contributed by atoms with E-state index in [9.17, 15) is 8.42 Å². The van der Waals surface area contributed by atoms with Crippen molar-refractivity contribution >= 4 is 15.7 Å². The lowest BCUT2D eigenvalue weighted by atomic mass is 10.1. The van der Waals surface area contributed by atoms with Crippen molar-refractivity contribution in [2.75, 3.05) is 31.6 Å². The molecule has 0 aliphatic carbocycles. The molecule has 0 radical (unpaired) electrons. The molecule has 8 heteroatoms. The van der Waals surface area contributed by atoms with Crippen molar-refractivity contribution in [1.82, 2.24) is 14.5 Å². The van der Waals surface area contributed by atoms with Gasteiger partial charge in [0.25, 0.3) is 0 Å². The minimum Gasteiger partial charge on any atom is -0.495 e. The number of hydrogen-bond acceptors (Lipinski definition) is 5. The Hall–Kier alpha value is -2.06. The maximum Gasteiger partial charge on any atom is 0.244 e. The van der Waals surface area contributed by atoms with Crippen LogP contribution in [0, 0.1) is 19.8 Å². The summed E-state index contributed by atoms with van der Waals surface area (Å²) in [5, 5.41) is 4.20. The predicted molar refractivity (Wildman–Crippen MR) is 101 cm³/mol. The van der Waals surface area contributed by atoms with Gasteiger partial charge in [-0.15, -0.1) is 0 Å². The number of sulfonamides is 1. The normalized spacial score (nSPS) is 17.7. The Bertz CT molecular complexity index is 892. The highest BCUT2D eigenvalue weighted by Gasteiger charge is 2.28. The third-order valence-corrected chi connectivity index (χ3v) is 6.66. The maximum absolute atomic E-state index is 12.7. The molecule has 1 aromatic heterocycles. The second-order valence-corrected chi connectivity index (χ2v) is 8.45. The number of aryl methyl sites for hydroxylation is 2. The molecular weight excluding hydrogens is 352 g/mol. The molecule has 0 saturated carbocycles. The fraction of sp³-hybridized carbons (Fsp3) is 0.500. The number of benzene rings is 1. The molecule has 3 rings (SSSR count). The van der Waals surface area contributed by atoms with Gasteiger partial charge in [0, 0.05) is 26.7 Å². The van der Waals surface area contributed by atoms with Crippen LogP contribution in [0.2, 0.25) is 0 Å². The summed E-state index contributed by atoms with van der Waals surface area (Å²) in [6.45, 7) is 5.60. The van der Waals surface area contributed by atoms with Gasteiger partial charge in [-0.05, 0) is 38.3 Å². The van der Waals surface area contributed by atoms with Crippen molar-refractivity contribution in [2.24, 2.45) is 13.0 Å². The van der Waals surface area contributed by atoms with E-state index in [1.807, 2.05) is 24.3 Å². The summed E-state index contributed by atoms with van der Waals surface area (Å²) in [6, 6.07) is 7.91. The zero-order valence-electron chi connectivity index (χ0n) is 15.7. The van der Waals surface area contributed by atoms with Gasteiger partial charge in [0.2, 0.25) is 10.0 Å². The molecule has 1 saturated heterocycles. The summed E-state index contributed by atoms with van der Waals surface area (Å²) in [5.74, 6) is 1.10. The SMILES string of the molecule is COc1ccccc1N1CC[C@@H](CNS(=O)(=O)c2c(C)nn(C)c2C)C1. The quantitative estimate of drug-likeness (QED) is 0.830. The lowest BCUT2D eigenvalue weighted by molar-refractivity contribution is 0.414. The highest BCUT2D eigenvalue weighted by Crippen LogP contribution is 2.32. The molecule has 142 valence electrons. The third-order valence-electron chi connectivity index (χ3n) is 4.99.